The van der Waals surface area contributed by atoms with Crippen LogP contribution < -0.4 is 5.32 Å². The zero-order valence-corrected chi connectivity index (χ0v) is 15.9. The number of hydrogen-bond acceptors (Lipinski definition) is 4. The second kappa shape index (κ2) is 7.71. The summed E-state index contributed by atoms with van der Waals surface area (Å²) in [6, 6.07) is 12.3. The first-order valence-electron chi connectivity index (χ1n) is 8.96. The molecule has 5 nitrogen and oxygen atoms in total. The highest BCUT2D eigenvalue weighted by Gasteiger charge is 2.32. The second-order valence-electron chi connectivity index (χ2n) is 6.64. The average Bonchev–Trinajstić information content (AvgIpc) is 3.44. The maximum Gasteiger partial charge on any atom is 0.237 e. The van der Waals surface area contributed by atoms with Gasteiger partial charge in [-0.3, -0.25) is 9.36 Å². The molecule has 1 saturated carbocycles. The van der Waals surface area contributed by atoms with E-state index in [4.69, 9.17) is 0 Å². The lowest BCUT2D eigenvalue weighted by atomic mass is 10.2. The average molecular weight is 400 g/mol. The van der Waals surface area contributed by atoms with E-state index in [9.17, 15) is 13.6 Å². The molecule has 1 amide bonds. The van der Waals surface area contributed by atoms with Crippen molar-refractivity contribution in [1.29, 1.82) is 0 Å². The minimum atomic E-state index is -0.458. The Bertz CT molecular complexity index is 1000. The van der Waals surface area contributed by atoms with Crippen molar-refractivity contribution in [3.63, 3.8) is 0 Å². The fourth-order valence-corrected chi connectivity index (χ4v) is 3.75. The highest BCUT2D eigenvalue weighted by Crippen LogP contribution is 2.42. The predicted octanol–water partition coefficient (Wildman–Crippen LogP) is 4.68. The lowest BCUT2D eigenvalue weighted by Gasteiger charge is -2.13. The Hall–Kier alpha value is -2.74. The zero-order valence-electron chi connectivity index (χ0n) is 15.1. The van der Waals surface area contributed by atoms with Crippen molar-refractivity contribution in [2.75, 3.05) is 5.32 Å². The number of halogens is 2. The Labute approximate surface area is 165 Å². The highest BCUT2D eigenvalue weighted by atomic mass is 32.2. The molecule has 8 heteroatoms. The van der Waals surface area contributed by atoms with Gasteiger partial charge in [-0.05, 0) is 56.2 Å². The molecule has 144 valence electrons. The van der Waals surface area contributed by atoms with Crippen LogP contribution in [-0.2, 0) is 4.79 Å². The molecule has 2 aromatic carbocycles. The van der Waals surface area contributed by atoms with Crippen molar-refractivity contribution in [2.45, 2.75) is 36.2 Å². The summed E-state index contributed by atoms with van der Waals surface area (Å²) < 4.78 is 29.2. The standard InChI is InChI=1S/C20H18F2N4OS/c1-12(19(27)23-14-8-6-13(21)7-9-14)28-20-25-24-18(26(20)15-10-11-15)16-4-2-3-5-17(16)22/h2-9,12,15H,10-11H2,1H3,(H,23,27)/t12-/m0/s1. The van der Waals surface area contributed by atoms with Crippen molar-refractivity contribution in [3.05, 3.63) is 60.2 Å². The maximum atomic E-state index is 14.2. The molecule has 0 saturated heterocycles. The van der Waals surface area contributed by atoms with Gasteiger partial charge >= 0.3 is 0 Å². The van der Waals surface area contributed by atoms with E-state index in [1.54, 1.807) is 25.1 Å². The topological polar surface area (TPSA) is 59.8 Å². The number of carbonyl (C=O) groups excluding carboxylic acids is 1. The molecule has 28 heavy (non-hydrogen) atoms. The molecule has 0 unspecified atom stereocenters. The second-order valence-corrected chi connectivity index (χ2v) is 7.95. The summed E-state index contributed by atoms with van der Waals surface area (Å²) in [7, 11) is 0. The SMILES string of the molecule is C[C@H](Sc1nnc(-c2ccccc2F)n1C1CC1)C(=O)Nc1ccc(F)cc1. The Kier molecular flexibility index (Phi) is 5.13. The Morgan fingerprint density at radius 3 is 2.54 bits per heavy atom. The molecule has 1 aromatic heterocycles. The summed E-state index contributed by atoms with van der Waals surface area (Å²) in [5.41, 5.74) is 0.923. The van der Waals surface area contributed by atoms with Gasteiger partial charge in [0.05, 0.1) is 10.8 Å². The van der Waals surface area contributed by atoms with Crippen LogP contribution in [0.25, 0.3) is 11.4 Å². The normalized spacial score (nSPS) is 14.7. The van der Waals surface area contributed by atoms with Gasteiger partial charge in [-0.15, -0.1) is 10.2 Å². The van der Waals surface area contributed by atoms with Crippen molar-refractivity contribution in [2.24, 2.45) is 0 Å². The number of nitrogens with zero attached hydrogens (tertiary/aromatic N) is 3. The first-order chi connectivity index (χ1) is 13.5. The third kappa shape index (κ3) is 3.91. The minimum absolute atomic E-state index is 0.222. The van der Waals surface area contributed by atoms with E-state index < -0.39 is 5.25 Å². The van der Waals surface area contributed by atoms with E-state index in [0.29, 0.717) is 22.2 Å². The third-order valence-corrected chi connectivity index (χ3v) is 5.51. The molecule has 1 N–H and O–H groups in total. The molecule has 1 atom stereocenters. The summed E-state index contributed by atoms with van der Waals surface area (Å²) in [5.74, 6) is -0.460. The molecule has 3 aromatic rings. The maximum absolute atomic E-state index is 14.2. The molecule has 1 aliphatic rings. The van der Waals surface area contributed by atoms with Gasteiger partial charge in [-0.2, -0.15) is 0 Å². The van der Waals surface area contributed by atoms with Crippen LogP contribution in [-0.4, -0.2) is 25.9 Å². The van der Waals surface area contributed by atoms with Crippen molar-refractivity contribution < 1.29 is 13.6 Å². The summed E-state index contributed by atoms with van der Waals surface area (Å²) >= 11 is 1.27. The van der Waals surface area contributed by atoms with Gasteiger partial charge in [0.1, 0.15) is 11.6 Å². The summed E-state index contributed by atoms with van der Waals surface area (Å²) in [5, 5.41) is 11.3. The van der Waals surface area contributed by atoms with Gasteiger partial charge in [0.25, 0.3) is 0 Å². The van der Waals surface area contributed by atoms with Crippen LogP contribution in [0.2, 0.25) is 0 Å². The Morgan fingerprint density at radius 2 is 1.86 bits per heavy atom. The van der Waals surface area contributed by atoms with E-state index in [0.717, 1.165) is 12.8 Å². The van der Waals surface area contributed by atoms with Crippen LogP contribution in [0.4, 0.5) is 14.5 Å². The monoisotopic (exact) mass is 400 g/mol. The molecule has 1 aliphatic carbocycles. The molecule has 0 aliphatic heterocycles. The van der Waals surface area contributed by atoms with Gasteiger partial charge < -0.3 is 5.32 Å². The molecule has 0 bridgehead atoms. The van der Waals surface area contributed by atoms with E-state index in [1.807, 2.05) is 4.57 Å². The number of aromatic nitrogens is 3. The van der Waals surface area contributed by atoms with Crippen LogP contribution in [0.3, 0.4) is 0 Å². The minimum Gasteiger partial charge on any atom is -0.325 e. The first-order valence-corrected chi connectivity index (χ1v) is 9.84. The number of thioether (sulfide) groups is 1. The highest BCUT2D eigenvalue weighted by molar-refractivity contribution is 8.00. The number of hydrogen-bond donors (Lipinski definition) is 1. The molecule has 4 rings (SSSR count). The number of benzene rings is 2. The number of rotatable bonds is 6. The number of anilines is 1. The summed E-state index contributed by atoms with van der Waals surface area (Å²) in [4.78, 5) is 12.5. The third-order valence-electron chi connectivity index (χ3n) is 4.45. The molecule has 0 spiro atoms. The van der Waals surface area contributed by atoms with Crippen molar-refractivity contribution in [3.8, 4) is 11.4 Å². The van der Waals surface area contributed by atoms with Crippen LogP contribution >= 0.6 is 11.8 Å². The fourth-order valence-electron chi connectivity index (χ4n) is 2.83. The van der Waals surface area contributed by atoms with E-state index in [1.165, 1.54) is 42.1 Å². The first kappa shape index (κ1) is 18.6. The van der Waals surface area contributed by atoms with Crippen LogP contribution in [0.1, 0.15) is 25.8 Å². The van der Waals surface area contributed by atoms with Crippen molar-refractivity contribution in [1.82, 2.24) is 14.8 Å². The quantitative estimate of drug-likeness (QED) is 0.611. The number of nitrogens with one attached hydrogen (secondary N) is 1. The molecular weight excluding hydrogens is 382 g/mol. The number of amides is 1. The van der Waals surface area contributed by atoms with Gasteiger partial charge in [0, 0.05) is 11.7 Å². The van der Waals surface area contributed by atoms with Crippen LogP contribution in [0.15, 0.2) is 53.7 Å². The molecule has 0 radical (unpaired) electrons. The van der Waals surface area contributed by atoms with Gasteiger partial charge in [0.2, 0.25) is 5.91 Å². The van der Waals surface area contributed by atoms with E-state index in [-0.39, 0.29) is 23.6 Å². The molecule has 1 heterocycles. The lowest BCUT2D eigenvalue weighted by molar-refractivity contribution is -0.115. The molecule has 1 fully saturated rings. The van der Waals surface area contributed by atoms with E-state index in [2.05, 4.69) is 15.5 Å². The fraction of sp³-hybridized carbons (Fsp3) is 0.250. The Balaban J connectivity index is 1.54. The van der Waals surface area contributed by atoms with Gasteiger partial charge in [-0.25, -0.2) is 8.78 Å². The molecular formula is C20H18F2N4OS. The lowest BCUT2D eigenvalue weighted by Crippen LogP contribution is -2.23. The van der Waals surface area contributed by atoms with Gasteiger partial charge in [0.15, 0.2) is 11.0 Å². The summed E-state index contributed by atoms with van der Waals surface area (Å²) in [6.07, 6.45) is 1.95. The number of carbonyl (C=O) groups is 1. The van der Waals surface area contributed by atoms with Crippen LogP contribution in [0.5, 0.6) is 0 Å². The Morgan fingerprint density at radius 1 is 1.14 bits per heavy atom. The smallest absolute Gasteiger partial charge is 0.237 e. The van der Waals surface area contributed by atoms with Gasteiger partial charge in [-0.1, -0.05) is 23.9 Å². The summed E-state index contributed by atoms with van der Waals surface area (Å²) in [6.45, 7) is 1.76. The van der Waals surface area contributed by atoms with Crippen molar-refractivity contribution >= 4 is 23.4 Å². The largest absolute Gasteiger partial charge is 0.325 e. The van der Waals surface area contributed by atoms with E-state index >= 15 is 0 Å². The zero-order chi connectivity index (χ0) is 19.7. The van der Waals surface area contributed by atoms with Crippen LogP contribution in [0, 0.1) is 11.6 Å². The predicted molar refractivity (Wildman–Crippen MR) is 104 cm³/mol.